The van der Waals surface area contributed by atoms with Gasteiger partial charge in [-0.1, -0.05) is 6.07 Å². The van der Waals surface area contributed by atoms with E-state index in [1.807, 2.05) is 32.0 Å². The SMILES string of the molecule is CCOC(=O)Nc1cccc(N)c1N(CC)CC. The molecule has 0 fully saturated rings. The highest BCUT2D eigenvalue weighted by molar-refractivity contribution is 5.93. The quantitative estimate of drug-likeness (QED) is 0.789. The maximum Gasteiger partial charge on any atom is 0.411 e. The van der Waals surface area contributed by atoms with E-state index >= 15 is 0 Å². The van der Waals surface area contributed by atoms with E-state index < -0.39 is 6.09 Å². The van der Waals surface area contributed by atoms with Crippen LogP contribution >= 0.6 is 0 Å². The number of benzene rings is 1. The number of hydrogen-bond donors (Lipinski definition) is 2. The number of ether oxygens (including phenoxy) is 1. The van der Waals surface area contributed by atoms with E-state index in [1.165, 1.54) is 0 Å². The molecular formula is C13H21N3O2. The van der Waals surface area contributed by atoms with E-state index in [2.05, 4.69) is 10.2 Å². The van der Waals surface area contributed by atoms with Crippen LogP contribution in [0.25, 0.3) is 0 Å². The summed E-state index contributed by atoms with van der Waals surface area (Å²) in [7, 11) is 0. The summed E-state index contributed by atoms with van der Waals surface area (Å²) in [4.78, 5) is 13.6. The Balaban J connectivity index is 3.03. The standard InChI is InChI=1S/C13H21N3O2/c1-4-16(5-2)12-10(14)8-7-9-11(12)15-13(17)18-6-3/h7-9H,4-6,14H2,1-3H3,(H,15,17). The summed E-state index contributed by atoms with van der Waals surface area (Å²) in [5, 5.41) is 2.72. The number of nitrogen functional groups attached to an aromatic ring is 1. The van der Waals surface area contributed by atoms with Crippen molar-refractivity contribution in [2.24, 2.45) is 0 Å². The largest absolute Gasteiger partial charge is 0.450 e. The summed E-state index contributed by atoms with van der Waals surface area (Å²) in [5.74, 6) is 0. The van der Waals surface area contributed by atoms with Gasteiger partial charge in [0.25, 0.3) is 0 Å². The van der Waals surface area contributed by atoms with Crippen LogP contribution in [0.5, 0.6) is 0 Å². The number of carbonyl (C=O) groups excluding carboxylic acids is 1. The third kappa shape index (κ3) is 3.29. The van der Waals surface area contributed by atoms with Crippen molar-refractivity contribution in [2.45, 2.75) is 20.8 Å². The van der Waals surface area contributed by atoms with Gasteiger partial charge in [0.2, 0.25) is 0 Å². The van der Waals surface area contributed by atoms with Crippen molar-refractivity contribution in [3.8, 4) is 0 Å². The molecule has 0 unspecified atom stereocenters. The minimum Gasteiger partial charge on any atom is -0.450 e. The van der Waals surface area contributed by atoms with E-state index in [1.54, 1.807) is 6.92 Å². The first kappa shape index (κ1) is 14.2. The molecule has 1 amide bonds. The molecule has 3 N–H and O–H groups in total. The number of anilines is 3. The van der Waals surface area contributed by atoms with Crippen molar-refractivity contribution in [3.63, 3.8) is 0 Å². The Labute approximate surface area is 108 Å². The minimum absolute atomic E-state index is 0.342. The van der Waals surface area contributed by atoms with E-state index in [-0.39, 0.29) is 0 Å². The van der Waals surface area contributed by atoms with Crippen molar-refractivity contribution < 1.29 is 9.53 Å². The lowest BCUT2D eigenvalue weighted by molar-refractivity contribution is 0.168. The second kappa shape index (κ2) is 6.74. The number of hydrogen-bond acceptors (Lipinski definition) is 4. The van der Waals surface area contributed by atoms with Crippen LogP contribution in [0.3, 0.4) is 0 Å². The van der Waals surface area contributed by atoms with Gasteiger partial charge >= 0.3 is 6.09 Å². The van der Waals surface area contributed by atoms with Gasteiger partial charge in [-0.2, -0.15) is 0 Å². The maximum atomic E-state index is 11.5. The summed E-state index contributed by atoms with van der Waals surface area (Å²) in [6.45, 7) is 7.84. The molecule has 1 aromatic rings. The van der Waals surface area contributed by atoms with Gasteiger partial charge in [-0.3, -0.25) is 5.32 Å². The highest BCUT2D eigenvalue weighted by Crippen LogP contribution is 2.32. The zero-order valence-electron chi connectivity index (χ0n) is 11.2. The molecule has 1 rings (SSSR count). The lowest BCUT2D eigenvalue weighted by Gasteiger charge is -2.25. The summed E-state index contributed by atoms with van der Waals surface area (Å²) >= 11 is 0. The van der Waals surface area contributed by atoms with E-state index in [4.69, 9.17) is 10.5 Å². The second-order valence-electron chi connectivity index (χ2n) is 3.76. The van der Waals surface area contributed by atoms with Crippen molar-refractivity contribution in [1.82, 2.24) is 0 Å². The van der Waals surface area contributed by atoms with Crippen molar-refractivity contribution in [3.05, 3.63) is 18.2 Å². The van der Waals surface area contributed by atoms with Gasteiger partial charge in [0.15, 0.2) is 0 Å². The predicted molar refractivity (Wildman–Crippen MR) is 75.1 cm³/mol. The number of nitrogens with two attached hydrogens (primary N) is 1. The lowest BCUT2D eigenvalue weighted by Crippen LogP contribution is -2.25. The van der Waals surface area contributed by atoms with Gasteiger partial charge in [0.05, 0.1) is 23.7 Å². The Morgan fingerprint density at radius 3 is 2.56 bits per heavy atom. The fourth-order valence-electron chi connectivity index (χ4n) is 1.83. The molecule has 100 valence electrons. The van der Waals surface area contributed by atoms with Crippen LogP contribution < -0.4 is 16.0 Å². The summed E-state index contributed by atoms with van der Waals surface area (Å²) in [6, 6.07) is 5.45. The summed E-state index contributed by atoms with van der Waals surface area (Å²) in [6.07, 6.45) is -0.462. The highest BCUT2D eigenvalue weighted by Gasteiger charge is 2.14. The number of amides is 1. The van der Waals surface area contributed by atoms with Crippen molar-refractivity contribution in [1.29, 1.82) is 0 Å². The molecule has 0 bridgehead atoms. The van der Waals surface area contributed by atoms with Crippen molar-refractivity contribution in [2.75, 3.05) is 35.6 Å². The molecule has 0 aliphatic carbocycles. The van der Waals surface area contributed by atoms with Gasteiger partial charge in [-0.25, -0.2) is 4.79 Å². The van der Waals surface area contributed by atoms with Gasteiger partial charge in [-0.05, 0) is 32.9 Å². The van der Waals surface area contributed by atoms with Crippen molar-refractivity contribution >= 4 is 23.2 Å². The predicted octanol–water partition coefficient (Wildman–Crippen LogP) is 2.68. The average molecular weight is 251 g/mol. The molecule has 0 spiro atoms. The van der Waals surface area contributed by atoms with Gasteiger partial charge in [0, 0.05) is 13.1 Å². The summed E-state index contributed by atoms with van der Waals surface area (Å²) < 4.78 is 4.88. The fourth-order valence-corrected chi connectivity index (χ4v) is 1.83. The molecule has 0 aromatic heterocycles. The van der Waals surface area contributed by atoms with Crippen LogP contribution in [-0.2, 0) is 4.74 Å². The molecule has 0 radical (unpaired) electrons. The normalized spacial score (nSPS) is 9.94. The molecule has 0 saturated heterocycles. The van der Waals surface area contributed by atoms with Gasteiger partial charge in [-0.15, -0.1) is 0 Å². The fraction of sp³-hybridized carbons (Fsp3) is 0.462. The van der Waals surface area contributed by atoms with Crippen LogP contribution in [-0.4, -0.2) is 25.8 Å². The number of nitrogens with zero attached hydrogens (tertiary/aromatic N) is 1. The molecular weight excluding hydrogens is 230 g/mol. The van der Waals surface area contributed by atoms with E-state index in [0.717, 1.165) is 18.8 Å². The lowest BCUT2D eigenvalue weighted by atomic mass is 10.2. The molecule has 0 saturated carbocycles. The molecule has 5 nitrogen and oxygen atoms in total. The number of para-hydroxylation sites is 1. The van der Waals surface area contributed by atoms with E-state index in [0.29, 0.717) is 18.0 Å². The third-order valence-electron chi connectivity index (χ3n) is 2.66. The Morgan fingerprint density at radius 2 is 2.00 bits per heavy atom. The molecule has 0 aliphatic rings. The Bertz CT molecular complexity index is 403. The first-order valence-corrected chi connectivity index (χ1v) is 6.21. The Kier molecular flexibility index (Phi) is 5.30. The Morgan fingerprint density at radius 1 is 1.33 bits per heavy atom. The second-order valence-corrected chi connectivity index (χ2v) is 3.76. The number of rotatable bonds is 5. The van der Waals surface area contributed by atoms with Gasteiger partial charge in [0.1, 0.15) is 0 Å². The monoisotopic (exact) mass is 251 g/mol. The molecule has 18 heavy (non-hydrogen) atoms. The highest BCUT2D eigenvalue weighted by atomic mass is 16.5. The van der Waals surface area contributed by atoms with E-state index in [9.17, 15) is 4.79 Å². The van der Waals surface area contributed by atoms with Crippen LogP contribution in [0.2, 0.25) is 0 Å². The van der Waals surface area contributed by atoms with Crippen LogP contribution in [0.1, 0.15) is 20.8 Å². The first-order chi connectivity index (χ1) is 8.63. The number of nitrogens with one attached hydrogen (secondary N) is 1. The maximum absolute atomic E-state index is 11.5. The van der Waals surface area contributed by atoms with Crippen LogP contribution in [0, 0.1) is 0 Å². The smallest absolute Gasteiger partial charge is 0.411 e. The topological polar surface area (TPSA) is 67.6 Å². The molecule has 0 aliphatic heterocycles. The van der Waals surface area contributed by atoms with Crippen LogP contribution in [0.4, 0.5) is 21.9 Å². The minimum atomic E-state index is -0.462. The molecule has 0 heterocycles. The molecule has 5 heteroatoms. The van der Waals surface area contributed by atoms with Crippen LogP contribution in [0.15, 0.2) is 18.2 Å². The third-order valence-corrected chi connectivity index (χ3v) is 2.66. The average Bonchev–Trinajstić information content (AvgIpc) is 2.34. The zero-order valence-corrected chi connectivity index (χ0v) is 11.2. The molecule has 0 atom stereocenters. The zero-order chi connectivity index (χ0) is 13.5. The first-order valence-electron chi connectivity index (χ1n) is 6.21. The van der Waals surface area contributed by atoms with Gasteiger partial charge < -0.3 is 15.4 Å². The summed E-state index contributed by atoms with van der Waals surface area (Å²) in [5.41, 5.74) is 8.16. The Hall–Kier alpha value is -1.91. The number of carbonyl (C=O) groups is 1. The molecule has 1 aromatic carbocycles.